The smallest absolute Gasteiger partial charge is 0.270 e. The van der Waals surface area contributed by atoms with Crippen molar-refractivity contribution in [1.29, 1.82) is 0 Å². The fourth-order valence-corrected chi connectivity index (χ4v) is 1.14. The van der Waals surface area contributed by atoms with Crippen molar-refractivity contribution in [2.75, 3.05) is 20.7 Å². The predicted molar refractivity (Wildman–Crippen MR) is 60.5 cm³/mol. The van der Waals surface area contributed by atoms with Gasteiger partial charge in [0.1, 0.15) is 5.75 Å². The Morgan fingerprint density at radius 1 is 1.56 bits per heavy atom. The summed E-state index contributed by atoms with van der Waals surface area (Å²) in [6.45, 7) is 0.520. The van der Waals surface area contributed by atoms with E-state index < -0.39 is 4.92 Å². The maximum absolute atomic E-state index is 10.6. The fourth-order valence-electron chi connectivity index (χ4n) is 1.14. The Kier molecular flexibility index (Phi) is 4.30. The largest absolute Gasteiger partial charge is 0.495 e. The van der Waals surface area contributed by atoms with Gasteiger partial charge in [-0.1, -0.05) is 11.8 Å². The van der Waals surface area contributed by atoms with Crippen LogP contribution in [0.25, 0.3) is 0 Å². The lowest BCUT2D eigenvalue weighted by atomic mass is 10.2. The lowest BCUT2D eigenvalue weighted by molar-refractivity contribution is -0.384. The molecule has 84 valence electrons. The van der Waals surface area contributed by atoms with Crippen LogP contribution in [0.15, 0.2) is 18.2 Å². The van der Waals surface area contributed by atoms with Gasteiger partial charge in [0.15, 0.2) is 0 Å². The van der Waals surface area contributed by atoms with Crippen LogP contribution in [-0.2, 0) is 0 Å². The lowest BCUT2D eigenvalue weighted by Crippen LogP contribution is -2.04. The number of benzene rings is 1. The van der Waals surface area contributed by atoms with E-state index in [-0.39, 0.29) is 5.69 Å². The topological polar surface area (TPSA) is 64.4 Å². The number of nitrogens with one attached hydrogen (secondary N) is 1. The first-order chi connectivity index (χ1) is 7.69. The van der Waals surface area contributed by atoms with Gasteiger partial charge in [0.05, 0.1) is 24.1 Å². The number of rotatable bonds is 3. The number of ether oxygens (including phenoxy) is 1. The standard InChI is InChI=1S/C11H12N2O3/c1-12-7-3-4-9-8-10(13(14)15)5-6-11(9)16-2/h5-6,8,12H,7H2,1-2H3. The molecule has 1 aromatic rings. The van der Waals surface area contributed by atoms with E-state index in [4.69, 9.17) is 4.74 Å². The zero-order valence-electron chi connectivity index (χ0n) is 9.11. The van der Waals surface area contributed by atoms with Crippen LogP contribution in [0.3, 0.4) is 0 Å². The molecule has 0 bridgehead atoms. The molecule has 5 heteroatoms. The Morgan fingerprint density at radius 2 is 2.31 bits per heavy atom. The molecule has 0 saturated carbocycles. The van der Waals surface area contributed by atoms with Gasteiger partial charge in [-0.15, -0.1) is 0 Å². The molecule has 0 saturated heterocycles. The van der Waals surface area contributed by atoms with Crippen LogP contribution in [-0.4, -0.2) is 25.6 Å². The van der Waals surface area contributed by atoms with E-state index in [2.05, 4.69) is 17.2 Å². The monoisotopic (exact) mass is 220 g/mol. The number of nitro groups is 1. The van der Waals surface area contributed by atoms with Crippen molar-refractivity contribution in [3.05, 3.63) is 33.9 Å². The summed E-state index contributed by atoms with van der Waals surface area (Å²) in [5.74, 6) is 6.18. The summed E-state index contributed by atoms with van der Waals surface area (Å²) in [5.41, 5.74) is 0.529. The van der Waals surface area contributed by atoms with Crippen molar-refractivity contribution in [3.8, 4) is 17.6 Å². The van der Waals surface area contributed by atoms with Gasteiger partial charge in [0, 0.05) is 12.1 Å². The van der Waals surface area contributed by atoms with Crippen LogP contribution in [0, 0.1) is 22.0 Å². The van der Waals surface area contributed by atoms with Crippen LogP contribution in [0.1, 0.15) is 5.56 Å². The van der Waals surface area contributed by atoms with Crippen LogP contribution in [0.5, 0.6) is 5.75 Å². The number of non-ortho nitro benzene ring substituents is 1. The third-order valence-electron chi connectivity index (χ3n) is 1.88. The van der Waals surface area contributed by atoms with Crippen LogP contribution >= 0.6 is 0 Å². The molecule has 0 spiro atoms. The molecule has 0 aromatic heterocycles. The fraction of sp³-hybridized carbons (Fsp3) is 0.273. The third kappa shape index (κ3) is 2.97. The molecule has 0 aliphatic rings. The summed E-state index contributed by atoms with van der Waals surface area (Å²) in [6, 6.07) is 4.34. The molecule has 1 aromatic carbocycles. The Balaban J connectivity index is 3.08. The van der Waals surface area contributed by atoms with Crippen molar-refractivity contribution in [2.45, 2.75) is 0 Å². The molecule has 1 N–H and O–H groups in total. The second-order valence-corrected chi connectivity index (χ2v) is 2.97. The number of hydrogen-bond donors (Lipinski definition) is 1. The Labute approximate surface area is 93.6 Å². The average Bonchev–Trinajstić information content (AvgIpc) is 2.29. The number of nitrogens with zero attached hydrogens (tertiary/aromatic N) is 1. The van der Waals surface area contributed by atoms with E-state index >= 15 is 0 Å². The average molecular weight is 220 g/mol. The predicted octanol–water partition coefficient (Wildman–Crippen LogP) is 1.17. The Hall–Kier alpha value is -2.06. The number of nitro benzene ring substituents is 1. The van der Waals surface area contributed by atoms with Crippen molar-refractivity contribution < 1.29 is 9.66 Å². The van der Waals surface area contributed by atoms with E-state index in [9.17, 15) is 10.1 Å². The molecule has 0 atom stereocenters. The maximum atomic E-state index is 10.6. The van der Waals surface area contributed by atoms with E-state index in [0.717, 1.165) is 0 Å². The normalized spacial score (nSPS) is 9.12. The minimum atomic E-state index is -0.456. The van der Waals surface area contributed by atoms with Crippen molar-refractivity contribution in [2.24, 2.45) is 0 Å². The SMILES string of the molecule is CNCC#Cc1cc([N+](=O)[O-])ccc1OC. The second kappa shape index (κ2) is 5.73. The first kappa shape index (κ1) is 12.0. The highest BCUT2D eigenvalue weighted by Crippen LogP contribution is 2.22. The Morgan fingerprint density at radius 3 is 2.88 bits per heavy atom. The van der Waals surface area contributed by atoms with Gasteiger partial charge in [-0.25, -0.2) is 0 Å². The van der Waals surface area contributed by atoms with Gasteiger partial charge in [0.25, 0.3) is 5.69 Å². The Bertz CT molecular complexity index is 446. The zero-order valence-corrected chi connectivity index (χ0v) is 9.11. The molecule has 16 heavy (non-hydrogen) atoms. The highest BCUT2D eigenvalue weighted by Gasteiger charge is 2.09. The second-order valence-electron chi connectivity index (χ2n) is 2.97. The van der Waals surface area contributed by atoms with E-state index in [1.165, 1.54) is 19.2 Å². The summed E-state index contributed by atoms with van der Waals surface area (Å²) < 4.78 is 5.07. The van der Waals surface area contributed by atoms with Gasteiger partial charge in [-0.2, -0.15) is 0 Å². The van der Waals surface area contributed by atoms with E-state index in [1.54, 1.807) is 13.1 Å². The zero-order chi connectivity index (χ0) is 12.0. The van der Waals surface area contributed by atoms with Crippen molar-refractivity contribution >= 4 is 5.69 Å². The van der Waals surface area contributed by atoms with E-state index in [1.807, 2.05) is 0 Å². The highest BCUT2D eigenvalue weighted by molar-refractivity contribution is 5.52. The van der Waals surface area contributed by atoms with Crippen molar-refractivity contribution in [1.82, 2.24) is 5.32 Å². The van der Waals surface area contributed by atoms with Gasteiger partial charge in [-0.05, 0) is 13.1 Å². The molecular weight excluding hydrogens is 208 g/mol. The minimum absolute atomic E-state index is 0.00885. The third-order valence-corrected chi connectivity index (χ3v) is 1.88. The number of methoxy groups -OCH3 is 1. The summed E-state index contributed by atoms with van der Waals surface area (Å²) in [5, 5.41) is 13.5. The summed E-state index contributed by atoms with van der Waals surface area (Å²) in [4.78, 5) is 10.1. The highest BCUT2D eigenvalue weighted by atomic mass is 16.6. The van der Waals surface area contributed by atoms with Crippen LogP contribution < -0.4 is 10.1 Å². The minimum Gasteiger partial charge on any atom is -0.495 e. The molecule has 0 aliphatic carbocycles. The summed E-state index contributed by atoms with van der Waals surface area (Å²) >= 11 is 0. The van der Waals surface area contributed by atoms with Gasteiger partial charge in [-0.3, -0.25) is 10.1 Å². The summed E-state index contributed by atoms with van der Waals surface area (Å²) in [6.07, 6.45) is 0. The van der Waals surface area contributed by atoms with Gasteiger partial charge in [0.2, 0.25) is 0 Å². The van der Waals surface area contributed by atoms with Crippen LogP contribution in [0.2, 0.25) is 0 Å². The quantitative estimate of drug-likeness (QED) is 0.472. The molecular formula is C11H12N2O3. The molecule has 0 radical (unpaired) electrons. The maximum Gasteiger partial charge on any atom is 0.270 e. The van der Waals surface area contributed by atoms with Crippen LogP contribution in [0.4, 0.5) is 5.69 Å². The first-order valence-electron chi connectivity index (χ1n) is 4.65. The molecule has 0 amide bonds. The summed E-state index contributed by atoms with van der Waals surface area (Å²) in [7, 11) is 3.28. The van der Waals surface area contributed by atoms with E-state index in [0.29, 0.717) is 17.9 Å². The van der Waals surface area contributed by atoms with Gasteiger partial charge < -0.3 is 10.1 Å². The molecule has 0 aliphatic heterocycles. The molecule has 0 heterocycles. The van der Waals surface area contributed by atoms with Gasteiger partial charge >= 0.3 is 0 Å². The molecule has 0 unspecified atom stereocenters. The first-order valence-corrected chi connectivity index (χ1v) is 4.65. The molecule has 0 fully saturated rings. The van der Waals surface area contributed by atoms with Crippen molar-refractivity contribution in [3.63, 3.8) is 0 Å². The lowest BCUT2D eigenvalue weighted by Gasteiger charge is -2.02. The molecule has 1 rings (SSSR count). The number of hydrogen-bond acceptors (Lipinski definition) is 4. The molecule has 5 nitrogen and oxygen atoms in total.